The average molecular weight is 398 g/mol. The number of benzene rings is 2. The van der Waals surface area contributed by atoms with Crippen molar-refractivity contribution in [2.45, 2.75) is 20.3 Å². The zero-order valence-corrected chi connectivity index (χ0v) is 16.3. The molecule has 1 aromatic heterocycles. The van der Waals surface area contributed by atoms with Gasteiger partial charge >= 0.3 is 5.97 Å². The number of halogens is 1. The second-order valence-corrected chi connectivity index (χ2v) is 6.89. The third-order valence-corrected chi connectivity index (χ3v) is 4.96. The zero-order valence-electron chi connectivity index (χ0n) is 15.6. The summed E-state index contributed by atoms with van der Waals surface area (Å²) in [6.07, 6.45) is 0.477. The molecule has 5 nitrogen and oxygen atoms in total. The number of nitrogens with zero attached hydrogens (tertiary/aromatic N) is 1. The minimum Gasteiger partial charge on any atom is -0.506 e. The number of carbonyl (C=O) groups is 1. The van der Waals surface area contributed by atoms with Crippen molar-refractivity contribution in [1.82, 2.24) is 4.98 Å². The number of pyridine rings is 1. The predicted octanol–water partition coefficient (Wildman–Crippen LogP) is 4.78. The van der Waals surface area contributed by atoms with Crippen LogP contribution in [-0.2, 0) is 11.2 Å². The standard InChI is InChI=1S/C22H20ClNO4/c1-13-14(2)20(28-12-21(26)27)11-18(23)17(13)10-16-8-9-19(25)22(24-16)15-6-4-3-5-7-15/h3-9,11,25H,10,12H2,1-2H3,(H,26,27). The molecule has 6 heteroatoms. The Bertz CT molecular complexity index is 1020. The molecule has 0 saturated heterocycles. The SMILES string of the molecule is Cc1c(OCC(=O)O)cc(Cl)c(Cc2ccc(O)c(-c3ccccc3)n2)c1C. The number of aromatic hydroxyl groups is 1. The largest absolute Gasteiger partial charge is 0.506 e. The molecule has 0 aliphatic heterocycles. The van der Waals surface area contributed by atoms with Crippen molar-refractivity contribution in [1.29, 1.82) is 0 Å². The summed E-state index contributed by atoms with van der Waals surface area (Å²) in [5, 5.41) is 19.5. The lowest BCUT2D eigenvalue weighted by Crippen LogP contribution is -2.11. The number of carboxylic acid groups (broad SMARTS) is 1. The van der Waals surface area contributed by atoms with Crippen molar-refractivity contribution in [2.24, 2.45) is 0 Å². The molecular weight excluding hydrogens is 378 g/mol. The van der Waals surface area contributed by atoms with Crippen molar-refractivity contribution in [3.05, 3.63) is 75.9 Å². The van der Waals surface area contributed by atoms with Crippen molar-refractivity contribution >= 4 is 17.6 Å². The Morgan fingerprint density at radius 1 is 1.11 bits per heavy atom. The number of rotatable bonds is 6. The van der Waals surface area contributed by atoms with E-state index in [4.69, 9.17) is 21.4 Å². The summed E-state index contributed by atoms with van der Waals surface area (Å²) >= 11 is 6.46. The van der Waals surface area contributed by atoms with Gasteiger partial charge in [-0.3, -0.25) is 0 Å². The average Bonchev–Trinajstić information content (AvgIpc) is 2.68. The maximum absolute atomic E-state index is 10.8. The van der Waals surface area contributed by atoms with E-state index < -0.39 is 12.6 Å². The van der Waals surface area contributed by atoms with Crippen LogP contribution in [0.3, 0.4) is 0 Å². The van der Waals surface area contributed by atoms with E-state index >= 15 is 0 Å². The molecular formula is C22H20ClNO4. The van der Waals surface area contributed by atoms with Gasteiger partial charge in [0.25, 0.3) is 0 Å². The summed E-state index contributed by atoms with van der Waals surface area (Å²) in [7, 11) is 0. The number of hydrogen-bond donors (Lipinski definition) is 2. The molecule has 0 spiro atoms. The Hall–Kier alpha value is -3.05. The molecule has 0 amide bonds. The highest BCUT2D eigenvalue weighted by Crippen LogP contribution is 2.33. The van der Waals surface area contributed by atoms with Crippen molar-refractivity contribution < 1.29 is 19.7 Å². The van der Waals surface area contributed by atoms with E-state index in [9.17, 15) is 9.90 Å². The lowest BCUT2D eigenvalue weighted by molar-refractivity contribution is -0.139. The van der Waals surface area contributed by atoms with Gasteiger partial charge in [0, 0.05) is 22.7 Å². The van der Waals surface area contributed by atoms with Crippen LogP contribution in [-0.4, -0.2) is 27.8 Å². The molecule has 0 bridgehead atoms. The monoisotopic (exact) mass is 397 g/mol. The minimum atomic E-state index is -1.04. The summed E-state index contributed by atoms with van der Waals surface area (Å²) < 4.78 is 5.33. The van der Waals surface area contributed by atoms with Gasteiger partial charge in [-0.15, -0.1) is 0 Å². The van der Waals surface area contributed by atoms with Gasteiger partial charge in [0.1, 0.15) is 17.2 Å². The van der Waals surface area contributed by atoms with E-state index in [-0.39, 0.29) is 5.75 Å². The van der Waals surface area contributed by atoms with Gasteiger partial charge in [-0.2, -0.15) is 0 Å². The Morgan fingerprint density at radius 3 is 2.50 bits per heavy atom. The quantitative estimate of drug-likeness (QED) is 0.625. The first-order chi connectivity index (χ1) is 13.4. The van der Waals surface area contributed by atoms with Crippen LogP contribution < -0.4 is 4.74 Å². The van der Waals surface area contributed by atoms with E-state index in [1.165, 1.54) is 0 Å². The first-order valence-corrected chi connectivity index (χ1v) is 9.12. The van der Waals surface area contributed by atoms with Crippen molar-refractivity contribution in [3.63, 3.8) is 0 Å². The maximum Gasteiger partial charge on any atom is 0.341 e. The Kier molecular flexibility index (Phi) is 5.85. The van der Waals surface area contributed by atoms with Gasteiger partial charge in [-0.1, -0.05) is 41.9 Å². The van der Waals surface area contributed by atoms with Gasteiger partial charge in [-0.05, 0) is 48.7 Å². The summed E-state index contributed by atoms with van der Waals surface area (Å²) in [5.74, 6) is -0.470. The number of ether oxygens (including phenoxy) is 1. The van der Waals surface area contributed by atoms with E-state index in [2.05, 4.69) is 4.98 Å². The van der Waals surface area contributed by atoms with Crippen LogP contribution in [0.5, 0.6) is 11.5 Å². The van der Waals surface area contributed by atoms with Crippen LogP contribution >= 0.6 is 11.6 Å². The Balaban J connectivity index is 1.94. The van der Waals surface area contributed by atoms with Crippen LogP contribution in [0.2, 0.25) is 5.02 Å². The zero-order chi connectivity index (χ0) is 20.3. The number of hydrogen-bond acceptors (Lipinski definition) is 4. The fourth-order valence-corrected chi connectivity index (χ4v) is 3.30. The smallest absolute Gasteiger partial charge is 0.341 e. The third kappa shape index (κ3) is 4.26. The van der Waals surface area contributed by atoms with Gasteiger partial charge < -0.3 is 14.9 Å². The second kappa shape index (κ2) is 8.31. The molecule has 0 radical (unpaired) electrons. The highest BCUT2D eigenvalue weighted by molar-refractivity contribution is 6.31. The molecule has 0 unspecified atom stereocenters. The predicted molar refractivity (Wildman–Crippen MR) is 108 cm³/mol. The highest BCUT2D eigenvalue weighted by Gasteiger charge is 2.15. The summed E-state index contributed by atoms with van der Waals surface area (Å²) in [5.41, 5.74) is 4.76. The van der Waals surface area contributed by atoms with E-state index in [1.54, 1.807) is 18.2 Å². The Labute approximate surface area is 168 Å². The van der Waals surface area contributed by atoms with Gasteiger partial charge in [-0.25, -0.2) is 9.78 Å². The topological polar surface area (TPSA) is 79.7 Å². The van der Waals surface area contributed by atoms with Gasteiger partial charge in [0.05, 0.1) is 0 Å². The van der Waals surface area contributed by atoms with E-state index in [0.29, 0.717) is 22.9 Å². The lowest BCUT2D eigenvalue weighted by atomic mass is 9.98. The maximum atomic E-state index is 10.8. The molecule has 3 aromatic rings. The minimum absolute atomic E-state index is 0.117. The Morgan fingerprint density at radius 2 is 1.82 bits per heavy atom. The molecule has 3 rings (SSSR count). The van der Waals surface area contributed by atoms with Gasteiger partial charge in [0.15, 0.2) is 6.61 Å². The number of carboxylic acids is 1. The molecule has 0 aliphatic rings. The fourth-order valence-electron chi connectivity index (χ4n) is 2.99. The van der Waals surface area contributed by atoms with E-state index in [1.807, 2.05) is 44.2 Å². The van der Waals surface area contributed by atoms with Crippen molar-refractivity contribution in [3.8, 4) is 22.8 Å². The fraction of sp³-hybridized carbons (Fsp3) is 0.182. The molecule has 0 fully saturated rings. The molecule has 0 saturated carbocycles. The van der Waals surface area contributed by atoms with Gasteiger partial charge in [0.2, 0.25) is 0 Å². The first kappa shape index (κ1) is 19.7. The normalized spacial score (nSPS) is 10.7. The van der Waals surface area contributed by atoms with Crippen LogP contribution in [0.15, 0.2) is 48.5 Å². The van der Waals surface area contributed by atoms with Crippen LogP contribution in [0.1, 0.15) is 22.4 Å². The summed E-state index contributed by atoms with van der Waals surface area (Å²) in [6, 6.07) is 14.5. The molecule has 2 aromatic carbocycles. The first-order valence-electron chi connectivity index (χ1n) is 8.74. The molecule has 144 valence electrons. The van der Waals surface area contributed by atoms with E-state index in [0.717, 1.165) is 27.9 Å². The second-order valence-electron chi connectivity index (χ2n) is 6.48. The lowest BCUT2D eigenvalue weighted by Gasteiger charge is -2.16. The molecule has 2 N–H and O–H groups in total. The summed E-state index contributed by atoms with van der Waals surface area (Å²) in [6.45, 7) is 3.37. The highest BCUT2D eigenvalue weighted by atomic mass is 35.5. The molecule has 0 aliphatic carbocycles. The molecule has 1 heterocycles. The number of aliphatic carboxylic acids is 1. The summed E-state index contributed by atoms with van der Waals surface area (Å²) in [4.78, 5) is 15.4. The third-order valence-electron chi connectivity index (χ3n) is 4.62. The van der Waals surface area contributed by atoms with Crippen LogP contribution in [0.4, 0.5) is 0 Å². The number of aromatic nitrogens is 1. The van der Waals surface area contributed by atoms with Crippen LogP contribution in [0.25, 0.3) is 11.3 Å². The molecule has 0 atom stereocenters. The van der Waals surface area contributed by atoms with Crippen LogP contribution in [0, 0.1) is 13.8 Å². The molecule has 28 heavy (non-hydrogen) atoms. The van der Waals surface area contributed by atoms with Crippen molar-refractivity contribution in [2.75, 3.05) is 6.61 Å².